The minimum atomic E-state index is -1.98. The minimum absolute atomic E-state index is 0.140. The van der Waals surface area contributed by atoms with Crippen LogP contribution in [0.1, 0.15) is 43.4 Å². The normalized spacial score (nSPS) is 42.6. The standard InChI is InChI=1S/C25H36N2O8/c1-4-16-20(29)19(26-3)22-23(21(16)30)34-24-25(31,35-22)17(7-12(2)33-24)27-18(28)9-13-5-6-14-10-32-11-15(14)8-13/h5-6,8,12,16-17,19-24,26,29-31H,4,7,9-11H2,1-3H3,(H,27,28)/t12-,16-,17-,19+,20+,21+,22?,23?,24?,25+/m1/s1. The Labute approximate surface area is 204 Å². The van der Waals surface area contributed by atoms with Crippen LogP contribution in [-0.4, -0.2) is 83.0 Å². The van der Waals surface area contributed by atoms with Gasteiger partial charge in [0.1, 0.15) is 12.2 Å². The van der Waals surface area contributed by atoms with E-state index < -0.39 is 54.5 Å². The molecule has 0 bridgehead atoms. The Morgan fingerprint density at radius 1 is 1.14 bits per heavy atom. The summed E-state index contributed by atoms with van der Waals surface area (Å²) in [6, 6.07) is 4.48. The molecule has 4 aliphatic rings. The van der Waals surface area contributed by atoms with Crippen molar-refractivity contribution in [3.05, 3.63) is 34.9 Å². The Bertz CT molecular complexity index is 946. The van der Waals surface area contributed by atoms with E-state index in [9.17, 15) is 20.1 Å². The van der Waals surface area contributed by atoms with Crippen LogP contribution in [0.5, 0.6) is 0 Å². The van der Waals surface area contributed by atoms with Gasteiger partial charge in [-0.2, -0.15) is 0 Å². The quantitative estimate of drug-likeness (QED) is 0.375. The van der Waals surface area contributed by atoms with Crippen LogP contribution in [0.3, 0.4) is 0 Å². The van der Waals surface area contributed by atoms with Gasteiger partial charge in [0, 0.05) is 5.92 Å². The van der Waals surface area contributed by atoms with Gasteiger partial charge in [-0.1, -0.05) is 25.1 Å². The van der Waals surface area contributed by atoms with Crippen LogP contribution in [-0.2, 0) is 43.4 Å². The van der Waals surface area contributed by atoms with Crippen LogP contribution in [0.4, 0.5) is 0 Å². The molecule has 10 heteroatoms. The highest BCUT2D eigenvalue weighted by Gasteiger charge is 2.63. The molecule has 3 fully saturated rings. The summed E-state index contributed by atoms with van der Waals surface area (Å²) in [5.74, 6) is -2.67. The maximum Gasteiger partial charge on any atom is 0.239 e. The van der Waals surface area contributed by atoms with Gasteiger partial charge in [0.2, 0.25) is 18.0 Å². The molecule has 1 aromatic rings. The van der Waals surface area contributed by atoms with Gasteiger partial charge in [-0.3, -0.25) is 4.79 Å². The maximum absolute atomic E-state index is 13.0. The Kier molecular flexibility index (Phi) is 6.92. The van der Waals surface area contributed by atoms with Gasteiger partial charge in [0.05, 0.1) is 50.0 Å². The fourth-order valence-corrected chi connectivity index (χ4v) is 6.01. The molecule has 1 saturated carbocycles. The zero-order valence-electron chi connectivity index (χ0n) is 20.3. The Morgan fingerprint density at radius 3 is 2.66 bits per heavy atom. The molecule has 0 spiro atoms. The third-order valence-electron chi connectivity index (χ3n) is 7.92. The van der Waals surface area contributed by atoms with Crippen molar-refractivity contribution in [1.29, 1.82) is 0 Å². The van der Waals surface area contributed by atoms with Crippen LogP contribution in [0.15, 0.2) is 18.2 Å². The molecule has 3 heterocycles. The van der Waals surface area contributed by atoms with E-state index in [4.69, 9.17) is 18.9 Å². The molecule has 10 atom stereocenters. The number of carbonyl (C=O) groups excluding carboxylic acids is 1. The molecule has 3 aliphatic heterocycles. The first kappa shape index (κ1) is 25.0. The molecule has 5 rings (SSSR count). The van der Waals surface area contributed by atoms with Crippen molar-refractivity contribution in [1.82, 2.24) is 10.6 Å². The second kappa shape index (κ2) is 9.68. The zero-order chi connectivity index (χ0) is 24.9. The fourth-order valence-electron chi connectivity index (χ4n) is 6.01. The van der Waals surface area contributed by atoms with E-state index in [1.165, 1.54) is 0 Å². The molecule has 0 radical (unpaired) electrons. The van der Waals surface area contributed by atoms with Crippen molar-refractivity contribution in [2.24, 2.45) is 5.92 Å². The molecule has 5 N–H and O–H groups in total. The van der Waals surface area contributed by atoms with Crippen LogP contribution in [0, 0.1) is 5.92 Å². The lowest BCUT2D eigenvalue weighted by atomic mass is 9.74. The Morgan fingerprint density at radius 2 is 1.91 bits per heavy atom. The van der Waals surface area contributed by atoms with Crippen molar-refractivity contribution in [3.8, 4) is 0 Å². The average molecular weight is 493 g/mol. The predicted octanol–water partition coefficient (Wildman–Crippen LogP) is -0.299. The van der Waals surface area contributed by atoms with Crippen molar-refractivity contribution in [2.45, 2.75) is 101 Å². The number of amides is 1. The number of aliphatic hydroxyl groups is 3. The first-order chi connectivity index (χ1) is 16.7. The highest BCUT2D eigenvalue weighted by molar-refractivity contribution is 5.79. The third kappa shape index (κ3) is 4.40. The van der Waals surface area contributed by atoms with Gasteiger partial charge >= 0.3 is 0 Å². The lowest BCUT2D eigenvalue weighted by Gasteiger charge is -2.58. The van der Waals surface area contributed by atoms with E-state index in [-0.39, 0.29) is 18.4 Å². The Balaban J connectivity index is 1.34. The number of nitrogens with one attached hydrogen (secondary N) is 2. The number of aliphatic hydroxyl groups excluding tert-OH is 2. The summed E-state index contributed by atoms with van der Waals surface area (Å²) in [4.78, 5) is 13.0. The van der Waals surface area contributed by atoms with E-state index >= 15 is 0 Å². The Hall–Kier alpha value is -1.63. The molecule has 1 aliphatic carbocycles. The number of hydrogen-bond donors (Lipinski definition) is 5. The SMILES string of the molecule is CC[C@@H]1[C@H](O)[C@H](NC)C2O[C@]3(O)C(OC2[C@H]1O)O[C@H](C)C[C@H]3NC(=O)Cc1ccc2c(c1)COC2. The topological polar surface area (TPSA) is 139 Å². The molecule has 1 aromatic carbocycles. The first-order valence-corrected chi connectivity index (χ1v) is 12.5. The van der Waals surface area contributed by atoms with E-state index in [0.717, 1.165) is 16.7 Å². The maximum atomic E-state index is 13.0. The second-order valence-corrected chi connectivity index (χ2v) is 10.2. The summed E-state index contributed by atoms with van der Waals surface area (Å²) < 4.78 is 23.6. The lowest BCUT2D eigenvalue weighted by Crippen LogP contribution is -2.77. The number of ether oxygens (including phenoxy) is 4. The first-order valence-electron chi connectivity index (χ1n) is 12.5. The molecule has 0 aromatic heterocycles. The molecule has 35 heavy (non-hydrogen) atoms. The number of rotatable bonds is 5. The van der Waals surface area contributed by atoms with Crippen LogP contribution >= 0.6 is 0 Å². The van der Waals surface area contributed by atoms with Crippen molar-refractivity contribution in [2.75, 3.05) is 7.05 Å². The smallest absolute Gasteiger partial charge is 0.239 e. The summed E-state index contributed by atoms with van der Waals surface area (Å²) >= 11 is 0. The van der Waals surface area contributed by atoms with E-state index in [1.54, 1.807) is 7.05 Å². The van der Waals surface area contributed by atoms with Crippen LogP contribution < -0.4 is 10.6 Å². The second-order valence-electron chi connectivity index (χ2n) is 10.2. The molecule has 3 unspecified atom stereocenters. The van der Waals surface area contributed by atoms with Crippen molar-refractivity contribution < 1.29 is 39.1 Å². The van der Waals surface area contributed by atoms with Crippen molar-refractivity contribution in [3.63, 3.8) is 0 Å². The molecular formula is C25H36N2O8. The van der Waals surface area contributed by atoms with Gasteiger partial charge in [-0.25, -0.2) is 0 Å². The molecule has 10 nitrogen and oxygen atoms in total. The number of fused-ring (bicyclic) bond motifs is 3. The summed E-state index contributed by atoms with van der Waals surface area (Å²) in [5.41, 5.74) is 3.07. The van der Waals surface area contributed by atoms with Gasteiger partial charge in [-0.05, 0) is 43.5 Å². The molecule has 2 saturated heterocycles. The minimum Gasteiger partial charge on any atom is -0.391 e. The monoisotopic (exact) mass is 492 g/mol. The van der Waals surface area contributed by atoms with Crippen LogP contribution in [0.25, 0.3) is 0 Å². The molecule has 1 amide bonds. The summed E-state index contributed by atoms with van der Waals surface area (Å²) in [5, 5.41) is 39.4. The number of carbonyl (C=O) groups is 1. The average Bonchev–Trinajstić information content (AvgIpc) is 3.28. The largest absolute Gasteiger partial charge is 0.391 e. The molecule has 194 valence electrons. The molecular weight excluding hydrogens is 456 g/mol. The van der Waals surface area contributed by atoms with Gasteiger partial charge in [-0.15, -0.1) is 0 Å². The van der Waals surface area contributed by atoms with Gasteiger partial charge < -0.3 is 44.9 Å². The van der Waals surface area contributed by atoms with E-state index in [0.29, 0.717) is 26.1 Å². The van der Waals surface area contributed by atoms with Crippen LogP contribution in [0.2, 0.25) is 0 Å². The number of hydrogen-bond acceptors (Lipinski definition) is 9. The highest BCUT2D eigenvalue weighted by Crippen LogP contribution is 2.43. The summed E-state index contributed by atoms with van der Waals surface area (Å²) in [6.45, 7) is 4.86. The fraction of sp³-hybridized carbons (Fsp3) is 0.720. The third-order valence-corrected chi connectivity index (χ3v) is 7.92. The lowest BCUT2D eigenvalue weighted by molar-refractivity contribution is -0.450. The van der Waals surface area contributed by atoms with Gasteiger partial charge in [0.25, 0.3) is 0 Å². The van der Waals surface area contributed by atoms with E-state index in [1.807, 2.05) is 32.0 Å². The highest BCUT2D eigenvalue weighted by atomic mass is 16.8. The predicted molar refractivity (Wildman–Crippen MR) is 123 cm³/mol. The summed E-state index contributed by atoms with van der Waals surface area (Å²) in [6.07, 6.45) is -4.06. The zero-order valence-corrected chi connectivity index (χ0v) is 20.3. The number of benzene rings is 1. The van der Waals surface area contributed by atoms with Crippen molar-refractivity contribution >= 4 is 5.91 Å². The van der Waals surface area contributed by atoms with E-state index in [2.05, 4.69) is 10.6 Å². The van der Waals surface area contributed by atoms with Gasteiger partial charge in [0.15, 0.2) is 0 Å². The summed E-state index contributed by atoms with van der Waals surface area (Å²) in [7, 11) is 1.69. The number of likely N-dealkylation sites (N-methyl/N-ethyl adjacent to an activating group) is 1.